The Morgan fingerprint density at radius 1 is 1.41 bits per heavy atom. The van der Waals surface area contributed by atoms with Crippen LogP contribution in [-0.2, 0) is 9.59 Å². The maximum atomic E-state index is 13.3. The van der Waals surface area contributed by atoms with E-state index in [2.05, 4.69) is 15.6 Å². The number of nitrogens with one attached hydrogen (secondary N) is 2. The highest BCUT2D eigenvalue weighted by molar-refractivity contribution is 6.04. The number of benzene rings is 1. The molecule has 0 aliphatic carbocycles. The highest BCUT2D eigenvalue weighted by atomic mass is 19.1. The van der Waals surface area contributed by atoms with E-state index in [1.54, 1.807) is 12.3 Å². The number of nitrogens with zero attached hydrogens (tertiary/aromatic N) is 1. The second kappa shape index (κ2) is 5.55. The summed E-state index contributed by atoms with van der Waals surface area (Å²) in [5.74, 6) is -1.30. The van der Waals surface area contributed by atoms with Crippen LogP contribution in [-0.4, -0.2) is 16.8 Å². The molecule has 22 heavy (non-hydrogen) atoms. The van der Waals surface area contributed by atoms with Crippen molar-refractivity contribution in [1.82, 2.24) is 4.98 Å². The van der Waals surface area contributed by atoms with Gasteiger partial charge in [0.2, 0.25) is 11.8 Å². The van der Waals surface area contributed by atoms with E-state index in [1.165, 1.54) is 18.2 Å². The minimum Gasteiger partial charge on any atom is -0.326 e. The van der Waals surface area contributed by atoms with E-state index < -0.39 is 11.7 Å². The Bertz CT molecular complexity index is 761. The second-order valence-corrected chi connectivity index (χ2v) is 5.19. The summed E-state index contributed by atoms with van der Waals surface area (Å²) >= 11 is 0. The summed E-state index contributed by atoms with van der Waals surface area (Å²) in [6, 6.07) is 7.64. The third-order valence-corrected chi connectivity index (χ3v) is 3.62. The van der Waals surface area contributed by atoms with E-state index in [4.69, 9.17) is 0 Å². The molecule has 2 heterocycles. The molecule has 2 aromatic rings. The number of carbonyl (C=O) groups is 2. The fourth-order valence-corrected chi connectivity index (χ4v) is 2.49. The van der Waals surface area contributed by atoms with Gasteiger partial charge in [0.1, 0.15) is 11.6 Å². The Balaban J connectivity index is 1.90. The van der Waals surface area contributed by atoms with Gasteiger partial charge in [0, 0.05) is 18.3 Å². The zero-order valence-corrected chi connectivity index (χ0v) is 11.9. The average molecular weight is 299 g/mol. The summed E-state index contributed by atoms with van der Waals surface area (Å²) in [5.41, 5.74) is 1.77. The van der Waals surface area contributed by atoms with Crippen molar-refractivity contribution in [2.75, 3.05) is 10.6 Å². The van der Waals surface area contributed by atoms with Gasteiger partial charge < -0.3 is 10.6 Å². The smallest absolute Gasteiger partial charge is 0.233 e. The van der Waals surface area contributed by atoms with E-state index in [0.29, 0.717) is 17.1 Å². The molecule has 0 radical (unpaired) electrons. The molecular formula is C16H14FN3O2. The zero-order chi connectivity index (χ0) is 15.7. The number of rotatable bonds is 2. The van der Waals surface area contributed by atoms with Crippen molar-refractivity contribution in [3.05, 3.63) is 53.5 Å². The first-order valence-electron chi connectivity index (χ1n) is 6.86. The van der Waals surface area contributed by atoms with Crippen LogP contribution in [0.1, 0.15) is 23.5 Å². The van der Waals surface area contributed by atoms with E-state index in [-0.39, 0.29) is 18.2 Å². The molecular weight excluding hydrogens is 285 g/mol. The molecule has 2 amide bonds. The molecule has 1 aliphatic heterocycles. The van der Waals surface area contributed by atoms with Crippen LogP contribution in [0.25, 0.3) is 0 Å². The maximum Gasteiger partial charge on any atom is 0.233 e. The van der Waals surface area contributed by atoms with Gasteiger partial charge in [-0.15, -0.1) is 0 Å². The molecule has 1 atom stereocenters. The molecule has 0 saturated carbocycles. The maximum absolute atomic E-state index is 13.3. The van der Waals surface area contributed by atoms with E-state index in [1.807, 2.05) is 13.0 Å². The lowest BCUT2D eigenvalue weighted by Gasteiger charge is -2.24. The van der Waals surface area contributed by atoms with Gasteiger partial charge in [-0.3, -0.25) is 9.59 Å². The molecule has 112 valence electrons. The molecule has 0 unspecified atom stereocenters. The second-order valence-electron chi connectivity index (χ2n) is 5.19. The van der Waals surface area contributed by atoms with Gasteiger partial charge in [0.05, 0.1) is 5.92 Å². The molecule has 0 bridgehead atoms. The summed E-state index contributed by atoms with van der Waals surface area (Å²) in [5, 5.41) is 5.32. The normalized spacial score (nSPS) is 16.6. The molecule has 1 aliphatic rings. The molecule has 6 heteroatoms. The summed E-state index contributed by atoms with van der Waals surface area (Å²) in [6.45, 7) is 1.83. The average Bonchev–Trinajstić information content (AvgIpc) is 2.48. The van der Waals surface area contributed by atoms with Crippen molar-refractivity contribution in [1.29, 1.82) is 0 Å². The number of fused-ring (bicyclic) bond motifs is 1. The summed E-state index contributed by atoms with van der Waals surface area (Å²) < 4.78 is 13.3. The van der Waals surface area contributed by atoms with Gasteiger partial charge in [-0.1, -0.05) is 12.1 Å². The van der Waals surface area contributed by atoms with Crippen molar-refractivity contribution < 1.29 is 14.0 Å². The Kier molecular flexibility index (Phi) is 3.58. The van der Waals surface area contributed by atoms with Crippen LogP contribution in [0.2, 0.25) is 0 Å². The summed E-state index contributed by atoms with van der Waals surface area (Å²) in [6.07, 6.45) is 1.61. The Hall–Kier alpha value is -2.76. The quantitative estimate of drug-likeness (QED) is 0.895. The van der Waals surface area contributed by atoms with Crippen LogP contribution in [0.5, 0.6) is 0 Å². The fraction of sp³-hybridized carbons (Fsp3) is 0.188. The van der Waals surface area contributed by atoms with Crippen molar-refractivity contribution in [3.63, 3.8) is 0 Å². The predicted molar refractivity (Wildman–Crippen MR) is 80.0 cm³/mol. The van der Waals surface area contributed by atoms with Crippen molar-refractivity contribution >= 4 is 23.3 Å². The lowest BCUT2D eigenvalue weighted by atomic mass is 9.89. The monoisotopic (exact) mass is 299 g/mol. The number of hydrogen-bond donors (Lipinski definition) is 2. The van der Waals surface area contributed by atoms with Gasteiger partial charge in [-0.2, -0.15) is 0 Å². The molecule has 1 aromatic carbocycles. The Labute approximate surface area is 126 Å². The third kappa shape index (κ3) is 2.67. The lowest BCUT2D eigenvalue weighted by molar-refractivity contribution is -0.123. The first-order valence-corrected chi connectivity index (χ1v) is 6.86. The molecule has 2 N–H and O–H groups in total. The molecule has 1 aromatic heterocycles. The van der Waals surface area contributed by atoms with Crippen molar-refractivity contribution in [2.24, 2.45) is 0 Å². The third-order valence-electron chi connectivity index (χ3n) is 3.62. The van der Waals surface area contributed by atoms with E-state index in [0.717, 1.165) is 5.56 Å². The van der Waals surface area contributed by atoms with Gasteiger partial charge >= 0.3 is 0 Å². The standard InChI is InChI=1S/C16H14FN3O2/c1-9-3-2-6-18-15(9)20-16(22)12-8-14(21)19-13-7-10(17)4-5-11(12)13/h2-7,12H,8H2,1H3,(H,19,21)(H,18,20,22)/t12-/m0/s1. The number of pyridine rings is 1. The minimum atomic E-state index is -0.661. The number of aryl methyl sites for hydroxylation is 1. The van der Waals surface area contributed by atoms with E-state index in [9.17, 15) is 14.0 Å². The topological polar surface area (TPSA) is 71.1 Å². The van der Waals surface area contributed by atoms with Crippen LogP contribution in [0.3, 0.4) is 0 Å². The van der Waals surface area contributed by atoms with Crippen molar-refractivity contribution in [3.8, 4) is 0 Å². The Morgan fingerprint density at radius 2 is 2.23 bits per heavy atom. The van der Waals surface area contributed by atoms with Crippen LogP contribution < -0.4 is 10.6 Å². The van der Waals surface area contributed by atoms with Gasteiger partial charge in [0.15, 0.2) is 0 Å². The van der Waals surface area contributed by atoms with Crippen LogP contribution in [0, 0.1) is 12.7 Å². The summed E-state index contributed by atoms with van der Waals surface area (Å²) in [4.78, 5) is 28.3. The molecule has 0 spiro atoms. The largest absolute Gasteiger partial charge is 0.326 e. The highest BCUT2D eigenvalue weighted by Crippen LogP contribution is 2.33. The highest BCUT2D eigenvalue weighted by Gasteiger charge is 2.31. The molecule has 3 rings (SSSR count). The number of carbonyl (C=O) groups excluding carboxylic acids is 2. The Morgan fingerprint density at radius 3 is 3.00 bits per heavy atom. The van der Waals surface area contributed by atoms with Crippen LogP contribution >= 0.6 is 0 Å². The van der Waals surface area contributed by atoms with Crippen LogP contribution in [0.15, 0.2) is 36.5 Å². The molecule has 0 saturated heterocycles. The number of aromatic nitrogens is 1. The van der Waals surface area contributed by atoms with Gasteiger partial charge in [0.25, 0.3) is 0 Å². The van der Waals surface area contributed by atoms with Gasteiger partial charge in [-0.05, 0) is 36.2 Å². The summed E-state index contributed by atoms with van der Waals surface area (Å²) in [7, 11) is 0. The first-order chi connectivity index (χ1) is 10.5. The lowest BCUT2D eigenvalue weighted by Crippen LogP contribution is -2.31. The minimum absolute atomic E-state index is 0.0242. The zero-order valence-electron chi connectivity index (χ0n) is 11.9. The SMILES string of the molecule is Cc1cccnc1NC(=O)[C@H]1CC(=O)Nc2cc(F)ccc21. The van der Waals surface area contributed by atoms with Crippen LogP contribution in [0.4, 0.5) is 15.9 Å². The predicted octanol–water partition coefficient (Wildman–Crippen LogP) is 2.59. The molecule has 0 fully saturated rings. The van der Waals surface area contributed by atoms with Gasteiger partial charge in [-0.25, -0.2) is 9.37 Å². The number of amides is 2. The first kappa shape index (κ1) is 14.2. The number of halogens is 1. The fourth-order valence-electron chi connectivity index (χ4n) is 2.49. The number of anilines is 2. The number of hydrogen-bond acceptors (Lipinski definition) is 3. The molecule has 5 nitrogen and oxygen atoms in total. The van der Waals surface area contributed by atoms with Crippen molar-refractivity contribution in [2.45, 2.75) is 19.3 Å². The van der Waals surface area contributed by atoms with E-state index >= 15 is 0 Å².